The lowest BCUT2D eigenvalue weighted by atomic mass is 9.78. The van der Waals surface area contributed by atoms with Gasteiger partial charge in [0.25, 0.3) is 5.56 Å². The van der Waals surface area contributed by atoms with Gasteiger partial charge < -0.3 is 14.6 Å². The van der Waals surface area contributed by atoms with Crippen LogP contribution in [-0.2, 0) is 4.74 Å². The van der Waals surface area contributed by atoms with Gasteiger partial charge in [-0.15, -0.1) is 11.3 Å². The van der Waals surface area contributed by atoms with Crippen molar-refractivity contribution in [1.82, 2.24) is 14.5 Å². The number of aromatic hydroxyl groups is 1. The highest BCUT2D eigenvalue weighted by Gasteiger charge is 2.48. The maximum absolute atomic E-state index is 13.1. The predicted octanol–water partition coefficient (Wildman–Crippen LogP) is 3.53. The molecule has 2 aliphatic rings. The molecule has 6 rings (SSSR count). The predicted molar refractivity (Wildman–Crippen MR) is 128 cm³/mol. The van der Waals surface area contributed by atoms with Crippen molar-refractivity contribution in [2.24, 2.45) is 5.41 Å². The van der Waals surface area contributed by atoms with Crippen LogP contribution in [0.25, 0.3) is 26.3 Å². The number of phenols is 1. The zero-order valence-corrected chi connectivity index (χ0v) is 18.8. The van der Waals surface area contributed by atoms with Crippen molar-refractivity contribution >= 4 is 21.6 Å². The summed E-state index contributed by atoms with van der Waals surface area (Å²) in [5.74, 6) is 0.999. The molecule has 0 saturated carbocycles. The summed E-state index contributed by atoms with van der Waals surface area (Å²) in [5, 5.41) is 9.51. The molecule has 0 unspecified atom stereocenters. The second-order valence-corrected chi connectivity index (χ2v) is 9.89. The minimum absolute atomic E-state index is 0.101. The Bertz CT molecular complexity index is 1350. The van der Waals surface area contributed by atoms with Crippen molar-refractivity contribution in [3.63, 3.8) is 0 Å². The molecule has 7 nitrogen and oxygen atoms in total. The summed E-state index contributed by atoms with van der Waals surface area (Å²) in [4.78, 5) is 21.0. The summed E-state index contributed by atoms with van der Waals surface area (Å²) in [6, 6.07) is 16.4. The second-order valence-electron chi connectivity index (χ2n) is 8.84. The largest absolute Gasteiger partial charge is 0.508 e. The Morgan fingerprint density at radius 3 is 2.55 bits per heavy atom. The molecule has 168 valence electrons. The van der Waals surface area contributed by atoms with Crippen molar-refractivity contribution < 1.29 is 14.6 Å². The van der Waals surface area contributed by atoms with Gasteiger partial charge in [-0.3, -0.25) is 14.3 Å². The number of aromatic nitrogens is 2. The molecule has 0 bridgehead atoms. The van der Waals surface area contributed by atoms with Crippen molar-refractivity contribution in [3.8, 4) is 27.6 Å². The van der Waals surface area contributed by atoms with E-state index in [9.17, 15) is 9.90 Å². The molecule has 33 heavy (non-hydrogen) atoms. The molecule has 2 aromatic carbocycles. The Labute approximate surface area is 194 Å². The third kappa shape index (κ3) is 3.80. The number of thiophene rings is 1. The van der Waals surface area contributed by atoms with Crippen LogP contribution in [0.1, 0.15) is 0 Å². The summed E-state index contributed by atoms with van der Waals surface area (Å²) in [6.07, 6.45) is 1.57. The highest BCUT2D eigenvalue weighted by Crippen LogP contribution is 2.37. The second kappa shape index (κ2) is 7.98. The number of rotatable bonds is 6. The van der Waals surface area contributed by atoms with Gasteiger partial charge in [0.05, 0.1) is 24.4 Å². The molecule has 2 fully saturated rings. The lowest BCUT2D eigenvalue weighted by Crippen LogP contribution is -2.66. The first-order valence-corrected chi connectivity index (χ1v) is 11.7. The first kappa shape index (κ1) is 20.4. The van der Waals surface area contributed by atoms with E-state index in [1.165, 1.54) is 11.3 Å². The van der Waals surface area contributed by atoms with Crippen molar-refractivity contribution in [2.75, 3.05) is 39.5 Å². The van der Waals surface area contributed by atoms with E-state index >= 15 is 0 Å². The highest BCUT2D eigenvalue weighted by molar-refractivity contribution is 7.22. The first-order chi connectivity index (χ1) is 16.1. The third-order valence-electron chi connectivity index (χ3n) is 6.32. The molecule has 1 N–H and O–H groups in total. The van der Waals surface area contributed by atoms with E-state index in [1.807, 2.05) is 42.5 Å². The van der Waals surface area contributed by atoms with Crippen molar-refractivity contribution in [3.05, 3.63) is 71.3 Å². The molecule has 0 aliphatic carbocycles. The SMILES string of the molecule is O=c1c2sc(-c3ccc(O)cc3)cc2ncn1-c1ccc(OCCN2CC3(COC3)C2)cc1. The number of benzene rings is 2. The normalized spacial score (nSPS) is 17.1. The van der Waals surface area contributed by atoms with Crippen molar-refractivity contribution in [1.29, 1.82) is 0 Å². The Hall–Kier alpha value is -3.20. The lowest BCUT2D eigenvalue weighted by molar-refractivity contribution is -0.189. The maximum atomic E-state index is 13.1. The van der Waals surface area contributed by atoms with Crippen LogP contribution in [-0.4, -0.2) is 59.0 Å². The van der Waals surface area contributed by atoms with E-state index in [4.69, 9.17) is 9.47 Å². The number of hydrogen-bond donors (Lipinski definition) is 1. The van der Waals surface area contributed by atoms with E-state index in [-0.39, 0.29) is 11.3 Å². The molecule has 4 heterocycles. The monoisotopic (exact) mass is 461 g/mol. The van der Waals surface area contributed by atoms with E-state index in [1.54, 1.807) is 23.0 Å². The molecule has 2 aromatic heterocycles. The van der Waals surface area contributed by atoms with Gasteiger partial charge in [0.15, 0.2) is 0 Å². The molecule has 0 radical (unpaired) electrons. The third-order valence-corrected chi connectivity index (χ3v) is 7.48. The zero-order valence-electron chi connectivity index (χ0n) is 17.9. The van der Waals surface area contributed by atoms with Crippen LogP contribution >= 0.6 is 11.3 Å². The van der Waals surface area contributed by atoms with Crippen LogP contribution in [0.4, 0.5) is 0 Å². The number of ether oxygens (including phenoxy) is 2. The molecule has 2 aliphatic heterocycles. The Balaban J connectivity index is 1.15. The summed E-state index contributed by atoms with van der Waals surface area (Å²) in [6.45, 7) is 5.55. The molecular formula is C25H23N3O4S. The topological polar surface area (TPSA) is 76.8 Å². The van der Waals surface area contributed by atoms with Crippen LogP contribution in [0.15, 0.2) is 65.7 Å². The first-order valence-electron chi connectivity index (χ1n) is 10.9. The van der Waals surface area contributed by atoms with Crippen molar-refractivity contribution in [2.45, 2.75) is 0 Å². The van der Waals surface area contributed by atoms with Crippen LogP contribution in [0.5, 0.6) is 11.5 Å². The summed E-state index contributed by atoms with van der Waals surface area (Å²) >= 11 is 1.41. The quantitative estimate of drug-likeness (QED) is 0.473. The number of likely N-dealkylation sites (tertiary alicyclic amines) is 1. The van der Waals surface area contributed by atoms with E-state index in [0.29, 0.717) is 22.2 Å². The Morgan fingerprint density at radius 1 is 1.09 bits per heavy atom. The van der Waals surface area contributed by atoms with Crippen LogP contribution in [0, 0.1) is 5.41 Å². The van der Waals surface area contributed by atoms with Crippen LogP contribution < -0.4 is 10.3 Å². The Kier molecular flexibility index (Phi) is 4.94. The fourth-order valence-corrected chi connectivity index (χ4v) is 5.54. The van der Waals surface area contributed by atoms with Gasteiger partial charge in [-0.25, -0.2) is 4.98 Å². The molecule has 4 aromatic rings. The van der Waals surface area contributed by atoms with Crippen LogP contribution in [0.2, 0.25) is 0 Å². The zero-order chi connectivity index (χ0) is 22.4. The smallest absolute Gasteiger partial charge is 0.275 e. The molecule has 0 atom stereocenters. The van der Waals surface area contributed by atoms with E-state index < -0.39 is 0 Å². The van der Waals surface area contributed by atoms with Gasteiger partial charge in [0.2, 0.25) is 0 Å². The van der Waals surface area contributed by atoms with Gasteiger partial charge in [0.1, 0.15) is 29.1 Å². The van der Waals surface area contributed by atoms with Gasteiger partial charge in [0, 0.05) is 29.9 Å². The highest BCUT2D eigenvalue weighted by atomic mass is 32.1. The number of nitrogens with zero attached hydrogens (tertiary/aromatic N) is 3. The van der Waals surface area contributed by atoms with Crippen LogP contribution in [0.3, 0.4) is 0 Å². The number of fused-ring (bicyclic) bond motifs is 1. The number of phenolic OH excluding ortho intramolecular Hbond substituents is 1. The molecule has 8 heteroatoms. The van der Waals surface area contributed by atoms with E-state index in [2.05, 4.69) is 9.88 Å². The number of hydrogen-bond acceptors (Lipinski definition) is 7. The van der Waals surface area contributed by atoms with Gasteiger partial charge >= 0.3 is 0 Å². The minimum atomic E-state index is -0.101. The lowest BCUT2D eigenvalue weighted by Gasteiger charge is -2.55. The molecular weight excluding hydrogens is 438 g/mol. The molecule has 2 saturated heterocycles. The van der Waals surface area contributed by atoms with E-state index in [0.717, 1.165) is 54.7 Å². The minimum Gasteiger partial charge on any atom is -0.508 e. The average molecular weight is 462 g/mol. The molecule has 1 spiro atoms. The summed E-state index contributed by atoms with van der Waals surface area (Å²) < 4.78 is 13.4. The standard InChI is InChI=1S/C25H23N3O4S/c29-19-5-1-17(2-6-19)22-11-21-23(33-22)24(30)28(16-26-21)18-3-7-20(8-4-18)32-10-9-27-12-25(13-27)14-31-15-25/h1-8,11,16,29H,9-10,12-15H2. The summed E-state index contributed by atoms with van der Waals surface area (Å²) in [7, 11) is 0. The van der Waals surface area contributed by atoms with Gasteiger partial charge in [-0.2, -0.15) is 0 Å². The maximum Gasteiger partial charge on any atom is 0.275 e. The van der Waals surface area contributed by atoms with Gasteiger partial charge in [-0.05, 0) is 60.2 Å². The fraction of sp³-hybridized carbons (Fsp3) is 0.280. The average Bonchev–Trinajstić information content (AvgIpc) is 3.21. The van der Waals surface area contributed by atoms with Gasteiger partial charge in [-0.1, -0.05) is 0 Å². The molecule has 0 amide bonds. The fourth-order valence-electron chi connectivity index (χ4n) is 4.49. The summed E-state index contributed by atoms with van der Waals surface area (Å²) in [5.41, 5.74) is 2.69. The Morgan fingerprint density at radius 2 is 1.85 bits per heavy atom.